The highest BCUT2D eigenvalue weighted by atomic mass is 16.5. The average molecular weight is 274 g/mol. The molecule has 1 saturated carbocycles. The van der Waals surface area contributed by atoms with Gasteiger partial charge in [-0.1, -0.05) is 25.1 Å². The predicted octanol–water partition coefficient (Wildman–Crippen LogP) is 3.06. The van der Waals surface area contributed by atoms with Crippen molar-refractivity contribution in [2.75, 3.05) is 6.61 Å². The molecule has 0 heterocycles. The average Bonchev–Trinajstić information content (AvgIpc) is 2.91. The van der Waals surface area contributed by atoms with Gasteiger partial charge in [0.25, 0.3) is 5.91 Å². The van der Waals surface area contributed by atoms with E-state index in [9.17, 15) is 4.79 Å². The molecule has 1 unspecified atom stereocenters. The highest BCUT2D eigenvalue weighted by Gasteiger charge is 2.20. The zero-order valence-electron chi connectivity index (χ0n) is 12.2. The second-order valence-corrected chi connectivity index (χ2v) is 5.19. The van der Waals surface area contributed by atoms with Gasteiger partial charge in [-0.2, -0.15) is 5.10 Å². The van der Waals surface area contributed by atoms with Crippen molar-refractivity contribution in [3.05, 3.63) is 29.8 Å². The molecule has 0 radical (unpaired) electrons. The first-order chi connectivity index (χ1) is 9.70. The number of amides is 1. The fourth-order valence-electron chi connectivity index (χ4n) is 2.52. The van der Waals surface area contributed by atoms with E-state index >= 15 is 0 Å². The van der Waals surface area contributed by atoms with Crippen LogP contribution in [0.2, 0.25) is 0 Å². The highest BCUT2D eigenvalue weighted by Crippen LogP contribution is 2.24. The lowest BCUT2D eigenvalue weighted by molar-refractivity contribution is -0.123. The van der Waals surface area contributed by atoms with E-state index in [2.05, 4.69) is 17.5 Å². The summed E-state index contributed by atoms with van der Waals surface area (Å²) in [4.78, 5) is 11.7. The van der Waals surface area contributed by atoms with Gasteiger partial charge >= 0.3 is 0 Å². The summed E-state index contributed by atoms with van der Waals surface area (Å²) in [6, 6.07) is 7.65. The number of aryl methyl sites for hydroxylation is 1. The van der Waals surface area contributed by atoms with Crippen LogP contribution in [0.25, 0.3) is 0 Å². The third-order valence-corrected chi connectivity index (χ3v) is 3.73. The van der Waals surface area contributed by atoms with Gasteiger partial charge in [0.15, 0.2) is 6.61 Å². The molecule has 1 N–H and O–H groups in total. The molecule has 1 amide bonds. The molecule has 1 aromatic rings. The van der Waals surface area contributed by atoms with E-state index < -0.39 is 0 Å². The predicted molar refractivity (Wildman–Crippen MR) is 79.9 cm³/mol. The number of carbonyl (C=O) groups is 1. The third-order valence-electron chi connectivity index (χ3n) is 3.73. The van der Waals surface area contributed by atoms with Crippen LogP contribution in [0.1, 0.15) is 38.2 Å². The van der Waals surface area contributed by atoms with Crippen molar-refractivity contribution in [1.29, 1.82) is 0 Å². The first-order valence-corrected chi connectivity index (χ1v) is 7.24. The van der Waals surface area contributed by atoms with Crippen LogP contribution in [0.15, 0.2) is 29.4 Å². The van der Waals surface area contributed by atoms with Gasteiger partial charge in [-0.3, -0.25) is 4.79 Å². The summed E-state index contributed by atoms with van der Waals surface area (Å²) in [5.74, 6) is 1.07. The molecule has 0 aliphatic heterocycles. The summed E-state index contributed by atoms with van der Waals surface area (Å²) >= 11 is 0. The van der Waals surface area contributed by atoms with Gasteiger partial charge < -0.3 is 4.74 Å². The number of nitrogens with one attached hydrogen (secondary N) is 1. The molecule has 20 heavy (non-hydrogen) atoms. The Balaban J connectivity index is 1.81. The van der Waals surface area contributed by atoms with Gasteiger partial charge in [0.2, 0.25) is 0 Å². The van der Waals surface area contributed by atoms with Gasteiger partial charge in [-0.05, 0) is 50.2 Å². The molecule has 4 nitrogen and oxygen atoms in total. The van der Waals surface area contributed by atoms with Crippen molar-refractivity contribution in [2.24, 2.45) is 11.0 Å². The van der Waals surface area contributed by atoms with Gasteiger partial charge in [-0.15, -0.1) is 0 Å². The van der Waals surface area contributed by atoms with Crippen LogP contribution in [-0.2, 0) is 4.79 Å². The van der Waals surface area contributed by atoms with E-state index in [0.717, 1.165) is 29.9 Å². The van der Waals surface area contributed by atoms with Crippen LogP contribution in [0.5, 0.6) is 5.75 Å². The monoisotopic (exact) mass is 274 g/mol. The maximum absolute atomic E-state index is 11.7. The first-order valence-electron chi connectivity index (χ1n) is 7.24. The Morgan fingerprint density at radius 2 is 2.25 bits per heavy atom. The van der Waals surface area contributed by atoms with E-state index in [1.807, 2.05) is 31.2 Å². The maximum atomic E-state index is 11.7. The van der Waals surface area contributed by atoms with E-state index in [1.54, 1.807) is 0 Å². The molecule has 1 aliphatic carbocycles. The smallest absolute Gasteiger partial charge is 0.277 e. The number of ether oxygens (including phenoxy) is 1. The highest BCUT2D eigenvalue weighted by molar-refractivity contribution is 5.89. The molecule has 2 rings (SSSR count). The number of carbonyl (C=O) groups excluding carboxylic acids is 1. The Hall–Kier alpha value is -1.84. The fraction of sp³-hybridized carbons (Fsp3) is 0.500. The zero-order valence-corrected chi connectivity index (χ0v) is 12.2. The van der Waals surface area contributed by atoms with Crippen molar-refractivity contribution in [1.82, 2.24) is 5.43 Å². The van der Waals surface area contributed by atoms with Crippen LogP contribution in [0.4, 0.5) is 0 Å². The minimum Gasteiger partial charge on any atom is -0.483 e. The minimum atomic E-state index is -0.206. The van der Waals surface area contributed by atoms with Crippen molar-refractivity contribution >= 4 is 11.6 Å². The molecule has 108 valence electrons. The number of nitrogens with zero attached hydrogens (tertiary/aromatic N) is 1. The molecule has 0 saturated heterocycles. The molecule has 0 aromatic heterocycles. The Morgan fingerprint density at radius 3 is 3.00 bits per heavy atom. The van der Waals surface area contributed by atoms with Crippen LogP contribution in [0.3, 0.4) is 0 Å². The summed E-state index contributed by atoms with van der Waals surface area (Å²) in [6.07, 6.45) is 4.45. The van der Waals surface area contributed by atoms with Crippen LogP contribution < -0.4 is 10.2 Å². The molecule has 1 aromatic carbocycles. The molecule has 0 spiro atoms. The molecular formula is C16H22N2O2. The standard InChI is InChI=1S/C16H22N2O2/c1-3-13-8-6-9-14(13)17-18-16(19)11-20-15-10-5-4-7-12(15)2/h4-5,7,10,13H,3,6,8-9,11H2,1-2H3,(H,18,19). The summed E-state index contributed by atoms with van der Waals surface area (Å²) in [7, 11) is 0. The Kier molecular flexibility index (Phi) is 5.16. The van der Waals surface area contributed by atoms with E-state index in [4.69, 9.17) is 4.74 Å². The number of hydrazone groups is 1. The number of para-hydroxylation sites is 1. The maximum Gasteiger partial charge on any atom is 0.277 e. The zero-order chi connectivity index (χ0) is 14.4. The summed E-state index contributed by atoms with van der Waals surface area (Å²) in [6.45, 7) is 4.12. The Morgan fingerprint density at radius 1 is 1.45 bits per heavy atom. The fourth-order valence-corrected chi connectivity index (χ4v) is 2.52. The number of hydrogen-bond donors (Lipinski definition) is 1. The van der Waals surface area contributed by atoms with Crippen molar-refractivity contribution in [2.45, 2.75) is 39.5 Å². The number of hydrogen-bond acceptors (Lipinski definition) is 3. The van der Waals surface area contributed by atoms with Gasteiger partial charge in [0.05, 0.1) is 0 Å². The third kappa shape index (κ3) is 3.83. The second-order valence-electron chi connectivity index (χ2n) is 5.19. The van der Waals surface area contributed by atoms with Crippen LogP contribution in [0, 0.1) is 12.8 Å². The molecule has 4 heteroatoms. The van der Waals surface area contributed by atoms with Crippen LogP contribution in [-0.4, -0.2) is 18.2 Å². The quantitative estimate of drug-likeness (QED) is 0.839. The molecular weight excluding hydrogens is 252 g/mol. The summed E-state index contributed by atoms with van der Waals surface area (Å²) < 4.78 is 5.49. The largest absolute Gasteiger partial charge is 0.483 e. The van der Waals surface area contributed by atoms with Crippen molar-refractivity contribution in [3.8, 4) is 5.75 Å². The normalized spacial score (nSPS) is 20.1. The lowest BCUT2D eigenvalue weighted by atomic mass is 10.0. The summed E-state index contributed by atoms with van der Waals surface area (Å²) in [5.41, 5.74) is 4.75. The molecule has 1 fully saturated rings. The minimum absolute atomic E-state index is 0.00156. The lowest BCUT2D eigenvalue weighted by Crippen LogP contribution is -2.26. The van der Waals surface area contributed by atoms with Gasteiger partial charge in [0, 0.05) is 5.71 Å². The molecule has 0 bridgehead atoms. The van der Waals surface area contributed by atoms with Gasteiger partial charge in [-0.25, -0.2) is 5.43 Å². The topological polar surface area (TPSA) is 50.7 Å². The number of benzene rings is 1. The molecule has 1 aliphatic rings. The first kappa shape index (κ1) is 14.6. The Bertz CT molecular complexity index is 497. The van der Waals surface area contributed by atoms with Gasteiger partial charge in [0.1, 0.15) is 5.75 Å². The Labute approximate surface area is 120 Å². The van der Waals surface area contributed by atoms with Crippen molar-refractivity contribution in [3.63, 3.8) is 0 Å². The second kappa shape index (κ2) is 7.08. The van der Waals surface area contributed by atoms with Crippen molar-refractivity contribution < 1.29 is 9.53 Å². The summed E-state index contributed by atoms with van der Waals surface area (Å²) in [5, 5.41) is 4.25. The van der Waals surface area contributed by atoms with E-state index in [-0.39, 0.29) is 12.5 Å². The van der Waals surface area contributed by atoms with Crippen LogP contribution >= 0.6 is 0 Å². The van der Waals surface area contributed by atoms with E-state index in [1.165, 1.54) is 12.8 Å². The molecule has 1 atom stereocenters. The lowest BCUT2D eigenvalue weighted by Gasteiger charge is -2.09. The van der Waals surface area contributed by atoms with E-state index in [0.29, 0.717) is 5.92 Å². The SMILES string of the molecule is CCC1CCCC1=NNC(=O)COc1ccccc1C. The number of rotatable bonds is 5.